The summed E-state index contributed by atoms with van der Waals surface area (Å²) in [6.45, 7) is 15.5. The van der Waals surface area contributed by atoms with E-state index >= 15 is 0 Å². The number of carbonyl (C=O) groups excluding carboxylic acids is 1. The molecule has 0 aliphatic carbocycles. The third-order valence-electron chi connectivity index (χ3n) is 20.2. The van der Waals surface area contributed by atoms with Gasteiger partial charge in [0, 0.05) is 115 Å². The molecule has 0 saturated carbocycles. The molecule has 0 fully saturated rings. The second-order valence-electron chi connectivity index (χ2n) is 29.0. The molecule has 0 saturated heterocycles. The average Bonchev–Trinajstić information content (AvgIpc) is 0.772. The second-order valence-corrected chi connectivity index (χ2v) is 36.0. The molecule has 0 radical (unpaired) electrons. The van der Waals surface area contributed by atoms with Gasteiger partial charge in [-0.25, -0.2) is 0 Å². The minimum atomic E-state index is -4.33. The fourth-order valence-corrected chi connectivity index (χ4v) is 20.7. The number of nitrogens with one attached hydrogen (secondary N) is 2. The normalized spacial score (nSPS) is 13.4. The van der Waals surface area contributed by atoms with Gasteiger partial charge in [-0.05, 0) is 231 Å². The molecule has 119 heavy (non-hydrogen) atoms. The molecule has 18 rings (SSSR count). The van der Waals surface area contributed by atoms with E-state index in [1.165, 1.54) is 103 Å². The summed E-state index contributed by atoms with van der Waals surface area (Å²) in [4.78, 5) is 42.3. The van der Waals surface area contributed by atoms with Crippen molar-refractivity contribution in [1.82, 2.24) is 14.7 Å². The van der Waals surface area contributed by atoms with Crippen LogP contribution in [0.25, 0.3) is 0 Å². The van der Waals surface area contributed by atoms with Gasteiger partial charge in [0.25, 0.3) is 0 Å². The van der Waals surface area contributed by atoms with Crippen LogP contribution in [-0.2, 0) is 12.4 Å². The Morgan fingerprint density at radius 1 is 0.395 bits per heavy atom. The zero-order chi connectivity index (χ0) is 83.2. The van der Waals surface area contributed by atoms with Gasteiger partial charge < -0.3 is 40.0 Å². The lowest BCUT2D eigenvalue weighted by atomic mass is 10.1. The average molecular weight is 1760 g/mol. The van der Waals surface area contributed by atoms with E-state index in [-0.39, 0.29) is 18.2 Å². The number of halogens is 8. The van der Waals surface area contributed by atoms with Gasteiger partial charge in [-0.1, -0.05) is 206 Å². The SMILES string of the molecule is CCCC(=O)c1ccc2c(c1)N(CCN(C)C)c1ccccc1S2.CCN(CC)C(C)CN1c2ccccc2Sc2ccccc21.CN(C)CCCN1c2ccccc2Sc2ccc(C(F)(F)F)cc21.CN1c2ccccc2Sc2ccccc21.Cl.Clc1ccc2c(c1)Nc1ccccc1S2.FC(F)(F)c1ccc2c(c1)Nc1ccccc1S2. The van der Waals surface area contributed by atoms with Crippen molar-refractivity contribution in [3.63, 3.8) is 0 Å². The van der Waals surface area contributed by atoms with Gasteiger partial charge in [0.1, 0.15) is 0 Å². The molecule has 6 aliphatic rings. The van der Waals surface area contributed by atoms with Crippen LogP contribution in [0.5, 0.6) is 0 Å². The summed E-state index contributed by atoms with van der Waals surface area (Å²) in [5.41, 5.74) is 12.5. The molecular formula is C95H95Cl2F6N9OS6. The largest absolute Gasteiger partial charge is 0.416 e. The van der Waals surface area contributed by atoms with Crippen molar-refractivity contribution in [2.24, 2.45) is 0 Å². The maximum Gasteiger partial charge on any atom is 0.416 e. The highest BCUT2D eigenvalue weighted by atomic mass is 35.5. The zero-order valence-corrected chi connectivity index (χ0v) is 74.1. The van der Waals surface area contributed by atoms with Crippen LogP contribution in [0.4, 0.5) is 94.6 Å². The van der Waals surface area contributed by atoms with Crippen LogP contribution >= 0.6 is 94.6 Å². The second kappa shape index (κ2) is 41.2. The van der Waals surface area contributed by atoms with Crippen molar-refractivity contribution >= 4 is 169 Å². The number of alkyl halides is 6. The Labute approximate surface area is 732 Å². The first-order valence-corrected chi connectivity index (χ1v) is 44.5. The van der Waals surface area contributed by atoms with Crippen molar-refractivity contribution in [3.8, 4) is 0 Å². The smallest absolute Gasteiger partial charge is 0.354 e. The molecule has 0 amide bonds. The van der Waals surface area contributed by atoms with Crippen LogP contribution in [0.1, 0.15) is 68.4 Å². The van der Waals surface area contributed by atoms with Crippen LogP contribution in [0, 0.1) is 0 Å². The van der Waals surface area contributed by atoms with E-state index in [1.807, 2.05) is 128 Å². The third kappa shape index (κ3) is 22.3. The summed E-state index contributed by atoms with van der Waals surface area (Å²) in [5, 5.41) is 7.17. The van der Waals surface area contributed by atoms with E-state index < -0.39 is 23.5 Å². The number of Topliss-reactive ketones (excluding diaryl/α,β-unsaturated/α-hetero) is 1. The summed E-state index contributed by atoms with van der Waals surface area (Å²) in [6.07, 6.45) is -6.26. The van der Waals surface area contributed by atoms with Crippen LogP contribution in [0.15, 0.2) is 326 Å². The Hall–Kier alpha value is -8.75. The number of hydrogen-bond acceptors (Lipinski definition) is 16. The summed E-state index contributed by atoms with van der Waals surface area (Å²) < 4.78 is 77.2. The van der Waals surface area contributed by atoms with Crippen LogP contribution in [-0.4, -0.2) is 108 Å². The molecule has 6 heterocycles. The van der Waals surface area contributed by atoms with Gasteiger partial charge in [0.15, 0.2) is 5.78 Å². The summed E-state index contributed by atoms with van der Waals surface area (Å²) in [6, 6.07) is 87.1. The number of nitrogens with zero attached hydrogens (tertiary/aromatic N) is 7. The fourth-order valence-electron chi connectivity index (χ4n) is 14.2. The van der Waals surface area contributed by atoms with Crippen LogP contribution < -0.4 is 30.2 Å². The van der Waals surface area contributed by atoms with E-state index in [1.54, 1.807) is 29.6 Å². The first-order valence-electron chi connectivity index (χ1n) is 39.3. The maximum atomic E-state index is 13.1. The standard InChI is InChI=1S/C20H24N2OS.C19H24N2S.C18H19F3N2S.C13H8F3NS.C13H11NS.C12H8ClNS.ClH/c1-4-7-18(23)15-10-11-20-17(14-15)22(13-12-21(2)3)16-8-5-6-9-19(16)24-20;1-4-20(5-2)15(3)14-21-16-10-6-8-12-18(16)22-19-13-9-7-11-17(19)21;1-22(2)10-5-11-23-14-6-3-4-7-16(14)24-17-9-8-13(12-15(17)23)18(19,20)21;14-13(15,16)8-5-6-12-10(7-8)17-9-3-1-2-4-11(9)18-12;1-14-10-6-2-4-8-12(10)15-13-9-5-3-7-11(13)14;13-8-5-6-12-10(7-8)14-9-3-1-2-4-11(9)15-12;/h5-6,8-11,14H,4,7,12-13H2,1-3H3;6-13,15H,4-5,14H2,1-3H3;3-4,6-9,12H,5,10-11H2,1-2H3;1-7,17H;2-9H,1H3;1-7,14H;1H. The first kappa shape index (κ1) is 89.5. The molecule has 1 atom stereocenters. The lowest BCUT2D eigenvalue weighted by Crippen LogP contribution is -2.41. The molecule has 0 spiro atoms. The quantitative estimate of drug-likeness (QED) is 0.0756. The number of rotatable bonds is 15. The summed E-state index contributed by atoms with van der Waals surface area (Å²) >= 11 is 16.2. The van der Waals surface area contributed by atoms with Gasteiger partial charge in [-0.15, -0.1) is 12.4 Å². The minimum absolute atomic E-state index is 0. The van der Waals surface area contributed by atoms with Crippen LogP contribution in [0.2, 0.25) is 5.02 Å². The molecule has 24 heteroatoms. The number of para-hydroxylation sites is 8. The predicted octanol–water partition coefficient (Wildman–Crippen LogP) is 28.9. The number of benzene rings is 12. The number of likely N-dealkylation sites (N-methyl/N-ethyl adjacent to an activating group) is 2. The highest BCUT2D eigenvalue weighted by Gasteiger charge is 2.35. The lowest BCUT2D eigenvalue weighted by Gasteiger charge is -2.37. The maximum absolute atomic E-state index is 13.1. The van der Waals surface area contributed by atoms with E-state index in [2.05, 4.69) is 234 Å². The molecule has 1 unspecified atom stereocenters. The number of fused-ring (bicyclic) bond motifs is 12. The van der Waals surface area contributed by atoms with Gasteiger partial charge >= 0.3 is 12.4 Å². The first-order chi connectivity index (χ1) is 56.9. The van der Waals surface area contributed by atoms with Gasteiger partial charge in [-0.3, -0.25) is 9.69 Å². The summed E-state index contributed by atoms with van der Waals surface area (Å²) in [5.74, 6) is 0.233. The Kier molecular flexibility index (Phi) is 31.0. The van der Waals surface area contributed by atoms with E-state index in [9.17, 15) is 31.1 Å². The molecular weight excluding hydrogens is 1660 g/mol. The number of hydrogen-bond donors (Lipinski definition) is 2. The van der Waals surface area contributed by atoms with E-state index in [0.29, 0.717) is 30.4 Å². The monoisotopic (exact) mass is 1750 g/mol. The Balaban J connectivity index is 0.000000132. The van der Waals surface area contributed by atoms with Gasteiger partial charge in [-0.2, -0.15) is 26.3 Å². The van der Waals surface area contributed by atoms with Crippen molar-refractivity contribution in [3.05, 3.63) is 289 Å². The highest BCUT2D eigenvalue weighted by molar-refractivity contribution is 8.01. The molecule has 12 aromatic carbocycles. The van der Waals surface area contributed by atoms with Crippen molar-refractivity contribution in [1.29, 1.82) is 0 Å². The molecule has 618 valence electrons. The van der Waals surface area contributed by atoms with Gasteiger partial charge in [0.2, 0.25) is 0 Å². The molecule has 12 aromatic rings. The Bertz CT molecular complexity index is 5390. The number of carbonyl (C=O) groups is 1. The molecule has 10 nitrogen and oxygen atoms in total. The zero-order valence-electron chi connectivity index (χ0n) is 67.6. The summed E-state index contributed by atoms with van der Waals surface area (Å²) in [7, 11) is 10.3. The van der Waals surface area contributed by atoms with Gasteiger partial charge in [0.05, 0.1) is 79.4 Å². The topological polar surface area (TPSA) is 63.8 Å². The number of anilines is 12. The van der Waals surface area contributed by atoms with Crippen molar-refractivity contribution in [2.75, 3.05) is 111 Å². The molecule has 0 bridgehead atoms. The molecule has 0 aromatic heterocycles. The molecule has 2 N–H and O–H groups in total. The van der Waals surface area contributed by atoms with Crippen molar-refractivity contribution in [2.45, 2.75) is 124 Å². The Morgan fingerprint density at radius 2 is 0.739 bits per heavy atom. The van der Waals surface area contributed by atoms with E-state index in [4.69, 9.17) is 11.6 Å². The number of ketones is 1. The van der Waals surface area contributed by atoms with Crippen molar-refractivity contribution < 1.29 is 31.1 Å². The third-order valence-corrected chi connectivity index (χ3v) is 27.3. The van der Waals surface area contributed by atoms with Crippen LogP contribution in [0.3, 0.4) is 0 Å². The molecule has 6 aliphatic heterocycles. The van der Waals surface area contributed by atoms with E-state index in [0.717, 1.165) is 129 Å². The lowest BCUT2D eigenvalue weighted by molar-refractivity contribution is -0.138. The highest BCUT2D eigenvalue weighted by Crippen LogP contribution is 2.54. The fraction of sp³-hybridized carbons (Fsp3) is 0.232. The predicted molar refractivity (Wildman–Crippen MR) is 493 cm³/mol. The minimum Gasteiger partial charge on any atom is -0.354 e. The Morgan fingerprint density at radius 3 is 1.18 bits per heavy atom.